The number of methoxy groups -OCH3 is 6. The first kappa shape index (κ1) is 43.3. The maximum Gasteiger partial charge on any atom is 0.148 e. The normalized spacial score (nSPS) is 14.8. The second-order valence-electron chi connectivity index (χ2n) is 14.5. The number of hydrogen-bond acceptors (Lipinski definition) is 9. The zero-order valence-electron chi connectivity index (χ0n) is 36.2. The average molecular weight is 841 g/mol. The van der Waals surface area contributed by atoms with E-state index in [1.165, 1.54) is 0 Å². The van der Waals surface area contributed by atoms with Gasteiger partial charge in [-0.2, -0.15) is 0 Å². The Balaban J connectivity index is 1.66. The quantitative estimate of drug-likeness (QED) is 0.0938. The lowest BCUT2D eigenvalue weighted by molar-refractivity contribution is 0.370. The van der Waals surface area contributed by atoms with Crippen LogP contribution in [-0.2, 0) is 0 Å². The molecule has 0 unspecified atom stereocenters. The maximum absolute atomic E-state index is 6.26. The van der Waals surface area contributed by atoms with Crippen LogP contribution >= 0.6 is 0 Å². The Morgan fingerprint density at radius 3 is 0.714 bits per heavy atom. The molecule has 0 heterocycles. The van der Waals surface area contributed by atoms with Crippen molar-refractivity contribution in [3.05, 3.63) is 159 Å². The molecular formula is C54H48O9. The number of ether oxygens (including phenoxy) is 9. The summed E-state index contributed by atoms with van der Waals surface area (Å²) >= 11 is 0. The van der Waals surface area contributed by atoms with E-state index in [1.807, 2.05) is 91.0 Å². The molecule has 63 heavy (non-hydrogen) atoms. The van der Waals surface area contributed by atoms with E-state index in [-0.39, 0.29) is 19.8 Å². The topological polar surface area (TPSA) is 83.1 Å². The Hall–Kier alpha value is -7.80. The van der Waals surface area contributed by atoms with Gasteiger partial charge < -0.3 is 42.6 Å². The highest BCUT2D eigenvalue weighted by Gasteiger charge is 2.35. The molecule has 1 aliphatic carbocycles. The van der Waals surface area contributed by atoms with Gasteiger partial charge in [0.1, 0.15) is 71.6 Å². The molecule has 9 heteroatoms. The van der Waals surface area contributed by atoms with E-state index < -0.39 is 17.8 Å². The van der Waals surface area contributed by atoms with Gasteiger partial charge in [0.2, 0.25) is 0 Å². The first-order chi connectivity index (χ1) is 30.8. The largest absolute Gasteiger partial charge is 0.496 e. The molecule has 9 nitrogen and oxygen atoms in total. The van der Waals surface area contributed by atoms with Crippen molar-refractivity contribution in [3.8, 4) is 88.8 Å². The van der Waals surface area contributed by atoms with E-state index in [2.05, 4.69) is 36.0 Å². The summed E-state index contributed by atoms with van der Waals surface area (Å²) in [5.41, 5.74) is 7.86. The summed E-state index contributed by atoms with van der Waals surface area (Å²) in [5.74, 6) is 11.7. The van der Waals surface area contributed by atoms with Crippen molar-refractivity contribution in [3.63, 3.8) is 0 Å². The van der Waals surface area contributed by atoms with Crippen LogP contribution in [0.2, 0.25) is 0 Å². The smallest absolute Gasteiger partial charge is 0.148 e. The van der Waals surface area contributed by atoms with Crippen molar-refractivity contribution in [2.24, 2.45) is 0 Å². The van der Waals surface area contributed by atoms with Crippen LogP contribution in [0.3, 0.4) is 0 Å². The second kappa shape index (κ2) is 19.7. The van der Waals surface area contributed by atoms with Crippen molar-refractivity contribution in [2.45, 2.75) is 17.8 Å². The fourth-order valence-electron chi connectivity index (χ4n) is 8.43. The lowest BCUT2D eigenvalue weighted by Gasteiger charge is -2.32. The highest BCUT2D eigenvalue weighted by molar-refractivity contribution is 5.67. The molecule has 0 saturated heterocycles. The van der Waals surface area contributed by atoms with Gasteiger partial charge in [-0.3, -0.25) is 0 Å². The number of terminal acetylenes is 3. The number of rotatable bonds is 15. The molecule has 7 rings (SSSR count). The van der Waals surface area contributed by atoms with Gasteiger partial charge >= 0.3 is 0 Å². The molecule has 0 saturated carbocycles. The molecule has 318 valence electrons. The molecule has 0 fully saturated rings. The van der Waals surface area contributed by atoms with Gasteiger partial charge in [0.15, 0.2) is 0 Å². The third-order valence-electron chi connectivity index (χ3n) is 11.2. The van der Waals surface area contributed by atoms with Crippen LogP contribution in [0.15, 0.2) is 109 Å². The highest BCUT2D eigenvalue weighted by Crippen LogP contribution is 2.53. The number of hydrogen-bond donors (Lipinski definition) is 0. The van der Waals surface area contributed by atoms with Crippen LogP contribution < -0.4 is 42.6 Å². The molecule has 0 atom stereocenters. The lowest BCUT2D eigenvalue weighted by Crippen LogP contribution is -2.16. The summed E-state index contributed by atoms with van der Waals surface area (Å²) in [6.45, 7) is 0.411. The van der Waals surface area contributed by atoms with Gasteiger partial charge in [-0.05, 0) is 71.3 Å². The molecule has 1 aliphatic rings. The molecule has 6 bridgehead atoms. The lowest BCUT2D eigenvalue weighted by atomic mass is 9.75. The SMILES string of the molecule is C#CCOc1ccc(C2c3cc(c(OC)cc3OC)C(c3ccc(OCC#C)cc3)c3cc(c(OC)cc3OC)C(c3ccc(OCC#C)cc3)c3cc2c(OC)cc3OC)cc1. The van der Waals surface area contributed by atoms with E-state index in [0.717, 1.165) is 50.1 Å². The highest BCUT2D eigenvalue weighted by atomic mass is 16.5. The van der Waals surface area contributed by atoms with Gasteiger partial charge in [0.05, 0.1) is 42.7 Å². The molecule has 0 N–H and O–H groups in total. The molecule has 6 aromatic carbocycles. The van der Waals surface area contributed by atoms with Crippen molar-refractivity contribution in [1.82, 2.24) is 0 Å². The fraction of sp³-hybridized carbons (Fsp3) is 0.222. The van der Waals surface area contributed by atoms with Gasteiger partial charge in [-0.1, -0.05) is 54.2 Å². The molecule has 0 radical (unpaired) electrons. The minimum Gasteiger partial charge on any atom is -0.496 e. The predicted octanol–water partition coefficient (Wildman–Crippen LogP) is 9.63. The summed E-state index contributed by atoms with van der Waals surface area (Å²) < 4.78 is 55.0. The summed E-state index contributed by atoms with van der Waals surface area (Å²) in [6, 6.07) is 35.9. The molecule has 0 aromatic heterocycles. The number of benzene rings is 6. The van der Waals surface area contributed by atoms with E-state index >= 15 is 0 Å². The van der Waals surface area contributed by atoms with E-state index in [9.17, 15) is 0 Å². The van der Waals surface area contributed by atoms with Crippen LogP contribution in [-0.4, -0.2) is 62.5 Å². The van der Waals surface area contributed by atoms with E-state index in [1.54, 1.807) is 42.7 Å². The maximum atomic E-state index is 6.26. The zero-order chi connectivity index (χ0) is 44.5. The van der Waals surface area contributed by atoms with Crippen LogP contribution in [0, 0.1) is 37.0 Å². The Morgan fingerprint density at radius 1 is 0.333 bits per heavy atom. The molecule has 0 spiro atoms. The Bertz CT molecular complexity index is 2300. The Labute approximate surface area is 369 Å². The summed E-state index contributed by atoms with van der Waals surface area (Å²) in [5, 5.41) is 0. The Kier molecular flexibility index (Phi) is 13.6. The fourth-order valence-corrected chi connectivity index (χ4v) is 8.43. The average Bonchev–Trinajstić information content (AvgIpc) is 3.33. The summed E-state index contributed by atoms with van der Waals surface area (Å²) in [6.07, 6.45) is 16.6. The molecular weight excluding hydrogens is 793 g/mol. The van der Waals surface area contributed by atoms with Crippen molar-refractivity contribution in [1.29, 1.82) is 0 Å². The van der Waals surface area contributed by atoms with Crippen molar-refractivity contribution in [2.75, 3.05) is 62.5 Å². The van der Waals surface area contributed by atoms with E-state index in [0.29, 0.717) is 51.7 Å². The van der Waals surface area contributed by atoms with Gasteiger partial charge in [0.25, 0.3) is 0 Å². The summed E-state index contributed by atoms with van der Waals surface area (Å²) in [7, 11) is 9.94. The third kappa shape index (κ3) is 8.71. The second-order valence-corrected chi connectivity index (χ2v) is 14.5. The third-order valence-corrected chi connectivity index (χ3v) is 11.2. The van der Waals surface area contributed by atoms with Crippen molar-refractivity contribution < 1.29 is 42.6 Å². The van der Waals surface area contributed by atoms with Gasteiger partial charge in [-0.15, -0.1) is 19.3 Å². The first-order valence-electron chi connectivity index (χ1n) is 20.1. The van der Waals surface area contributed by atoms with Crippen molar-refractivity contribution >= 4 is 0 Å². The Morgan fingerprint density at radius 2 is 0.540 bits per heavy atom. The zero-order valence-corrected chi connectivity index (χ0v) is 36.2. The minimum absolute atomic E-state index is 0.137. The monoisotopic (exact) mass is 840 g/mol. The minimum atomic E-state index is -0.479. The first-order valence-corrected chi connectivity index (χ1v) is 20.1. The number of fused-ring (bicyclic) bond motifs is 6. The van der Waals surface area contributed by atoms with Crippen LogP contribution in [0.25, 0.3) is 0 Å². The molecule has 0 amide bonds. The van der Waals surface area contributed by atoms with Gasteiger partial charge in [0, 0.05) is 69.3 Å². The predicted molar refractivity (Wildman–Crippen MR) is 244 cm³/mol. The van der Waals surface area contributed by atoms with Gasteiger partial charge in [-0.25, -0.2) is 0 Å². The van der Waals surface area contributed by atoms with Crippen LogP contribution in [0.5, 0.6) is 51.7 Å². The molecule has 0 aliphatic heterocycles. The van der Waals surface area contributed by atoms with E-state index in [4.69, 9.17) is 61.9 Å². The summed E-state index contributed by atoms with van der Waals surface area (Å²) in [4.78, 5) is 0. The van der Waals surface area contributed by atoms with Crippen LogP contribution in [0.1, 0.15) is 67.8 Å². The standard InChI is InChI=1S/C54H48O9/c1-10-25-61-37-19-13-34(14-20-37)52-40-28-42(48(57-6)31-46(40)55-4)53(35-15-21-38(22-16-35)62-26-11-2)44-30-45(51(60-9)33-50(44)59-8)54(36-17-23-39(24-18-36)63-27-12-3)43-29-41(52)47(56-5)32-49(43)58-7/h1-3,13-24,28-33,52-54H,25-27H2,4-9H3. The van der Waals surface area contributed by atoms with Crippen LogP contribution in [0.4, 0.5) is 0 Å². The molecule has 6 aromatic rings.